The molecule has 1 aliphatic rings. The van der Waals surface area contributed by atoms with Crippen LogP contribution in [0.5, 0.6) is 0 Å². The molecule has 1 unspecified atom stereocenters. The minimum atomic E-state index is -0.671. The fourth-order valence-electron chi connectivity index (χ4n) is 1.64. The van der Waals surface area contributed by atoms with Gasteiger partial charge in [0.2, 0.25) is 0 Å². The first-order chi connectivity index (χ1) is 8.51. The second-order valence-corrected chi connectivity index (χ2v) is 3.75. The molecule has 0 saturated heterocycles. The van der Waals surface area contributed by atoms with E-state index >= 15 is 0 Å². The molecule has 6 nitrogen and oxygen atoms in total. The lowest BCUT2D eigenvalue weighted by Gasteiger charge is -2.07. The molecule has 0 heterocycles. The van der Waals surface area contributed by atoms with Gasteiger partial charge in [-0.2, -0.15) is 5.26 Å². The lowest BCUT2D eigenvalue weighted by atomic mass is 10.00. The Morgan fingerprint density at radius 3 is 2.83 bits per heavy atom. The molecule has 6 heteroatoms. The number of rotatable bonds is 3. The zero-order chi connectivity index (χ0) is 13.7. The first-order valence-corrected chi connectivity index (χ1v) is 5.24. The van der Waals surface area contributed by atoms with E-state index in [0.717, 1.165) is 0 Å². The summed E-state index contributed by atoms with van der Waals surface area (Å²) < 4.78 is 4.60. The summed E-state index contributed by atoms with van der Waals surface area (Å²) in [5, 5.41) is 19.7. The molecule has 0 fully saturated rings. The van der Waals surface area contributed by atoms with E-state index in [1.807, 2.05) is 6.07 Å². The molecule has 0 aromatic carbocycles. The highest BCUT2D eigenvalue weighted by Gasteiger charge is 2.26. The summed E-state index contributed by atoms with van der Waals surface area (Å²) >= 11 is 0. The van der Waals surface area contributed by atoms with Gasteiger partial charge < -0.3 is 4.74 Å². The predicted molar refractivity (Wildman–Crippen MR) is 62.7 cm³/mol. The standard InChI is InChI=1S/C12H12N2O4/c1-8-3-4-11(14(16)17)9(5-6-13)10(7-8)12(15)18-2/h3-4,7-8H,5H2,1-2H3. The molecule has 0 spiro atoms. The molecule has 0 aromatic rings. The summed E-state index contributed by atoms with van der Waals surface area (Å²) in [6, 6.07) is 1.83. The van der Waals surface area contributed by atoms with Crippen molar-refractivity contribution in [3.8, 4) is 6.07 Å². The number of nitriles is 1. The SMILES string of the molecule is COC(=O)C1=CC(C)C=CC([N+](=O)[O-])=C1CC#N. The largest absolute Gasteiger partial charge is 0.465 e. The molecule has 0 N–H and O–H groups in total. The van der Waals surface area contributed by atoms with Gasteiger partial charge >= 0.3 is 5.97 Å². The minimum absolute atomic E-state index is 0.0863. The number of carbonyl (C=O) groups excluding carboxylic acids is 1. The van der Waals surface area contributed by atoms with Gasteiger partial charge in [-0.1, -0.05) is 19.1 Å². The molecule has 0 saturated carbocycles. The molecule has 0 aliphatic heterocycles. The monoisotopic (exact) mass is 248 g/mol. The van der Waals surface area contributed by atoms with Crippen LogP contribution < -0.4 is 0 Å². The smallest absolute Gasteiger partial charge is 0.338 e. The number of carbonyl (C=O) groups is 1. The Kier molecular flexibility index (Phi) is 4.38. The van der Waals surface area contributed by atoms with Crippen LogP contribution in [0.4, 0.5) is 0 Å². The third-order valence-corrected chi connectivity index (χ3v) is 2.48. The van der Waals surface area contributed by atoms with E-state index < -0.39 is 10.9 Å². The van der Waals surface area contributed by atoms with Crippen LogP contribution in [0.15, 0.2) is 35.1 Å². The molecular formula is C12H12N2O4. The number of hydrogen-bond acceptors (Lipinski definition) is 5. The van der Waals surface area contributed by atoms with E-state index in [1.165, 1.54) is 13.2 Å². The van der Waals surface area contributed by atoms with Crippen molar-refractivity contribution in [2.75, 3.05) is 7.11 Å². The van der Waals surface area contributed by atoms with Gasteiger partial charge in [-0.15, -0.1) is 0 Å². The van der Waals surface area contributed by atoms with Crippen LogP contribution in [-0.4, -0.2) is 18.0 Å². The van der Waals surface area contributed by atoms with Gasteiger partial charge in [-0.3, -0.25) is 10.1 Å². The Morgan fingerprint density at radius 1 is 1.67 bits per heavy atom. The van der Waals surface area contributed by atoms with Crippen LogP contribution in [0.1, 0.15) is 13.3 Å². The highest BCUT2D eigenvalue weighted by atomic mass is 16.6. The molecule has 0 bridgehead atoms. The van der Waals surface area contributed by atoms with Crippen LogP contribution in [-0.2, 0) is 9.53 Å². The predicted octanol–water partition coefficient (Wildman–Crippen LogP) is 1.74. The topological polar surface area (TPSA) is 93.2 Å². The average molecular weight is 248 g/mol. The summed E-state index contributed by atoms with van der Waals surface area (Å²) in [4.78, 5) is 22.0. The van der Waals surface area contributed by atoms with Gasteiger partial charge in [0.1, 0.15) is 0 Å². The summed E-state index contributed by atoms with van der Waals surface area (Å²) in [7, 11) is 1.20. The quantitative estimate of drug-likeness (QED) is 0.430. The van der Waals surface area contributed by atoms with Crippen LogP contribution in [0.25, 0.3) is 0 Å². The average Bonchev–Trinajstić information content (AvgIpc) is 2.49. The molecule has 0 radical (unpaired) electrons. The van der Waals surface area contributed by atoms with Crippen molar-refractivity contribution in [3.63, 3.8) is 0 Å². The number of hydrogen-bond donors (Lipinski definition) is 0. The van der Waals surface area contributed by atoms with Crippen molar-refractivity contribution in [2.45, 2.75) is 13.3 Å². The number of ether oxygens (including phenoxy) is 1. The number of esters is 1. The van der Waals surface area contributed by atoms with Crippen molar-refractivity contribution < 1.29 is 14.5 Å². The molecule has 1 rings (SSSR count). The van der Waals surface area contributed by atoms with Crippen molar-refractivity contribution in [2.24, 2.45) is 5.92 Å². The Balaban J connectivity index is 3.43. The van der Waals surface area contributed by atoms with Crippen molar-refractivity contribution in [3.05, 3.63) is 45.2 Å². The zero-order valence-electron chi connectivity index (χ0n) is 10.0. The fraction of sp³-hybridized carbons (Fsp3) is 0.333. The molecule has 18 heavy (non-hydrogen) atoms. The van der Waals surface area contributed by atoms with Crippen LogP contribution >= 0.6 is 0 Å². The number of methoxy groups -OCH3 is 1. The number of nitro groups is 1. The van der Waals surface area contributed by atoms with E-state index in [2.05, 4.69) is 4.74 Å². The lowest BCUT2D eigenvalue weighted by molar-refractivity contribution is -0.420. The molecular weight excluding hydrogens is 236 g/mol. The van der Waals surface area contributed by atoms with Crippen molar-refractivity contribution in [1.29, 1.82) is 5.26 Å². The van der Waals surface area contributed by atoms with Crippen molar-refractivity contribution in [1.82, 2.24) is 0 Å². The van der Waals surface area contributed by atoms with Crippen LogP contribution in [0.3, 0.4) is 0 Å². The highest BCUT2D eigenvalue weighted by Crippen LogP contribution is 2.26. The summed E-state index contributed by atoms with van der Waals surface area (Å²) in [5.41, 5.74) is -0.0595. The number of allylic oxidation sites excluding steroid dienone is 3. The first kappa shape index (κ1) is 13.6. The zero-order valence-corrected chi connectivity index (χ0v) is 10.0. The van der Waals surface area contributed by atoms with E-state index in [0.29, 0.717) is 0 Å². The van der Waals surface area contributed by atoms with E-state index in [-0.39, 0.29) is 29.2 Å². The van der Waals surface area contributed by atoms with E-state index in [1.54, 1.807) is 19.1 Å². The lowest BCUT2D eigenvalue weighted by Crippen LogP contribution is -2.11. The van der Waals surface area contributed by atoms with Gasteiger partial charge in [0.15, 0.2) is 0 Å². The Hall–Kier alpha value is -2.42. The van der Waals surface area contributed by atoms with Gasteiger partial charge in [-0.25, -0.2) is 4.79 Å². The van der Waals surface area contributed by atoms with Crippen LogP contribution in [0.2, 0.25) is 0 Å². The van der Waals surface area contributed by atoms with Crippen LogP contribution in [0, 0.1) is 27.4 Å². The maximum atomic E-state index is 11.6. The van der Waals surface area contributed by atoms with Gasteiger partial charge in [0.25, 0.3) is 5.70 Å². The maximum absolute atomic E-state index is 11.6. The third-order valence-electron chi connectivity index (χ3n) is 2.48. The second-order valence-electron chi connectivity index (χ2n) is 3.75. The van der Waals surface area contributed by atoms with Gasteiger partial charge in [0.05, 0.1) is 35.7 Å². The third kappa shape index (κ3) is 2.83. The first-order valence-electron chi connectivity index (χ1n) is 5.24. The molecule has 1 aliphatic carbocycles. The summed E-state index contributed by atoms with van der Waals surface area (Å²) in [5.74, 6) is -0.819. The van der Waals surface area contributed by atoms with Gasteiger partial charge in [0, 0.05) is 6.08 Å². The minimum Gasteiger partial charge on any atom is -0.465 e. The second kappa shape index (κ2) is 5.77. The molecule has 1 atom stereocenters. The summed E-state index contributed by atoms with van der Waals surface area (Å²) in [6.07, 6.45) is 4.27. The Bertz CT molecular complexity index is 509. The van der Waals surface area contributed by atoms with Gasteiger partial charge in [-0.05, 0) is 5.92 Å². The molecule has 94 valence electrons. The molecule has 0 amide bonds. The fourth-order valence-corrected chi connectivity index (χ4v) is 1.64. The Morgan fingerprint density at radius 2 is 2.33 bits per heavy atom. The number of nitrogens with zero attached hydrogens (tertiary/aromatic N) is 2. The molecule has 0 aromatic heterocycles. The maximum Gasteiger partial charge on any atom is 0.338 e. The van der Waals surface area contributed by atoms with E-state index in [4.69, 9.17) is 5.26 Å². The van der Waals surface area contributed by atoms with E-state index in [9.17, 15) is 14.9 Å². The normalized spacial score (nSPS) is 18.7. The highest BCUT2D eigenvalue weighted by molar-refractivity contribution is 5.94. The Labute approximate surface area is 104 Å². The summed E-state index contributed by atoms with van der Waals surface area (Å²) in [6.45, 7) is 1.78. The van der Waals surface area contributed by atoms with Crippen molar-refractivity contribution >= 4 is 5.97 Å².